The molecule has 0 aliphatic heterocycles. The fourth-order valence-electron chi connectivity index (χ4n) is 2.27. The Kier molecular flexibility index (Phi) is 6.62. The number of imide groups is 1. The van der Waals surface area contributed by atoms with E-state index >= 15 is 0 Å². The number of carbonyl (C=O) groups is 2. The van der Waals surface area contributed by atoms with Crippen molar-refractivity contribution >= 4 is 11.9 Å². The van der Waals surface area contributed by atoms with E-state index in [1.807, 2.05) is 26.0 Å². The van der Waals surface area contributed by atoms with Crippen molar-refractivity contribution in [2.45, 2.75) is 39.4 Å². The highest BCUT2D eigenvalue weighted by Gasteiger charge is 2.20. The molecule has 0 unspecified atom stereocenters. The van der Waals surface area contributed by atoms with Crippen molar-refractivity contribution in [3.63, 3.8) is 0 Å². The van der Waals surface area contributed by atoms with Crippen LogP contribution in [0, 0.1) is 0 Å². The van der Waals surface area contributed by atoms with E-state index < -0.39 is 6.03 Å². The van der Waals surface area contributed by atoms with Gasteiger partial charge in [0.1, 0.15) is 13.1 Å². The molecule has 3 N–H and O–H groups in total. The minimum absolute atomic E-state index is 0.0208. The van der Waals surface area contributed by atoms with Crippen LogP contribution in [0.25, 0.3) is 0 Å². The fraction of sp³-hybridized carbons (Fsp3) is 0.412. The predicted octanol–water partition coefficient (Wildman–Crippen LogP) is 1.08. The number of carbonyl (C=O) groups excluding carboxylic acids is 2. The summed E-state index contributed by atoms with van der Waals surface area (Å²) < 4.78 is 10.7. The average Bonchev–Trinajstić information content (AvgIpc) is 3.20. The summed E-state index contributed by atoms with van der Waals surface area (Å²) in [6.07, 6.45) is 4.00. The van der Waals surface area contributed by atoms with Gasteiger partial charge in [0.25, 0.3) is 5.91 Å². The van der Waals surface area contributed by atoms with Crippen LogP contribution in [0.2, 0.25) is 0 Å². The molecule has 2 aromatic rings. The molecule has 0 fully saturated rings. The van der Waals surface area contributed by atoms with E-state index in [-0.39, 0.29) is 18.5 Å². The molecule has 0 radical (unpaired) electrons. The maximum Gasteiger partial charge on any atom is 0.321 e. The molecule has 0 aromatic carbocycles. The second-order valence-corrected chi connectivity index (χ2v) is 5.77. The number of hydrogen-bond donors (Lipinski definition) is 3. The lowest BCUT2D eigenvalue weighted by Crippen LogP contribution is -3.10. The van der Waals surface area contributed by atoms with Crippen LogP contribution in [0.4, 0.5) is 4.79 Å². The minimum Gasteiger partial charge on any atom is -0.463 e. The van der Waals surface area contributed by atoms with Crippen molar-refractivity contribution in [2.75, 3.05) is 6.54 Å². The van der Waals surface area contributed by atoms with Crippen LogP contribution in [-0.2, 0) is 17.9 Å². The van der Waals surface area contributed by atoms with E-state index in [9.17, 15) is 9.59 Å². The molecule has 0 aliphatic rings. The number of quaternary nitrogens is 1. The van der Waals surface area contributed by atoms with E-state index in [2.05, 4.69) is 10.6 Å². The summed E-state index contributed by atoms with van der Waals surface area (Å²) in [5.41, 5.74) is 0. The molecule has 0 saturated carbocycles. The molecule has 2 rings (SSSR count). The van der Waals surface area contributed by atoms with Crippen LogP contribution < -0.4 is 15.5 Å². The van der Waals surface area contributed by atoms with Gasteiger partial charge in [0, 0.05) is 6.04 Å². The molecule has 0 aliphatic carbocycles. The molecule has 7 heteroatoms. The van der Waals surface area contributed by atoms with Gasteiger partial charge in [-0.2, -0.15) is 0 Å². The molecule has 2 aromatic heterocycles. The molecule has 24 heavy (non-hydrogen) atoms. The van der Waals surface area contributed by atoms with E-state index in [1.54, 1.807) is 24.7 Å². The first-order chi connectivity index (χ1) is 11.6. The van der Waals surface area contributed by atoms with Gasteiger partial charge in [-0.1, -0.05) is 6.92 Å². The molecule has 2 heterocycles. The number of hydrogen-bond acceptors (Lipinski definition) is 4. The van der Waals surface area contributed by atoms with Gasteiger partial charge in [0.05, 0.1) is 12.5 Å². The third-order valence-corrected chi connectivity index (χ3v) is 3.66. The zero-order chi connectivity index (χ0) is 17.4. The van der Waals surface area contributed by atoms with Gasteiger partial charge < -0.3 is 19.1 Å². The van der Waals surface area contributed by atoms with Crippen LogP contribution in [0.3, 0.4) is 0 Å². The van der Waals surface area contributed by atoms with Crippen LogP contribution in [0.15, 0.2) is 45.6 Å². The van der Waals surface area contributed by atoms with Crippen molar-refractivity contribution in [3.05, 3.63) is 48.3 Å². The summed E-state index contributed by atoms with van der Waals surface area (Å²) >= 11 is 0. The largest absolute Gasteiger partial charge is 0.463 e. The smallest absolute Gasteiger partial charge is 0.321 e. The highest BCUT2D eigenvalue weighted by molar-refractivity contribution is 5.94. The Bertz CT molecular complexity index is 586. The summed E-state index contributed by atoms with van der Waals surface area (Å²) in [5, 5.41) is 5.07. The van der Waals surface area contributed by atoms with Crippen molar-refractivity contribution in [1.82, 2.24) is 10.6 Å². The first-order valence-corrected chi connectivity index (χ1v) is 8.05. The van der Waals surface area contributed by atoms with E-state index in [4.69, 9.17) is 8.83 Å². The number of amides is 3. The molecular formula is C17H24N3O4+. The third kappa shape index (κ3) is 5.92. The SMILES string of the molecule is CC[C@H](C)NC(=O)NC(=O)C[NH+](Cc1ccco1)Cc1ccco1. The lowest BCUT2D eigenvalue weighted by Gasteiger charge is -2.17. The molecule has 3 amide bonds. The average molecular weight is 334 g/mol. The minimum atomic E-state index is -0.468. The Morgan fingerprint density at radius 2 is 1.71 bits per heavy atom. The molecule has 1 atom stereocenters. The van der Waals surface area contributed by atoms with Crippen molar-refractivity contribution in [3.8, 4) is 0 Å². The van der Waals surface area contributed by atoms with E-state index in [0.717, 1.165) is 22.8 Å². The Hall–Kier alpha value is -2.54. The van der Waals surface area contributed by atoms with Gasteiger partial charge in [0.15, 0.2) is 18.1 Å². The second-order valence-electron chi connectivity index (χ2n) is 5.77. The first-order valence-electron chi connectivity index (χ1n) is 8.05. The summed E-state index contributed by atoms with van der Waals surface area (Å²) in [6, 6.07) is 6.88. The van der Waals surface area contributed by atoms with Crippen LogP contribution in [0.1, 0.15) is 31.8 Å². The summed E-state index contributed by atoms with van der Waals surface area (Å²) in [7, 11) is 0. The molecular weight excluding hydrogens is 310 g/mol. The van der Waals surface area contributed by atoms with Crippen LogP contribution in [0.5, 0.6) is 0 Å². The summed E-state index contributed by atoms with van der Waals surface area (Å²) in [4.78, 5) is 24.8. The summed E-state index contributed by atoms with van der Waals surface area (Å²) in [6.45, 7) is 5.03. The van der Waals surface area contributed by atoms with Crippen molar-refractivity contribution in [2.24, 2.45) is 0 Å². The quantitative estimate of drug-likeness (QED) is 0.674. The monoisotopic (exact) mass is 334 g/mol. The number of urea groups is 1. The van der Waals surface area contributed by atoms with Crippen LogP contribution >= 0.6 is 0 Å². The Morgan fingerprint density at radius 1 is 1.12 bits per heavy atom. The lowest BCUT2D eigenvalue weighted by atomic mass is 10.3. The highest BCUT2D eigenvalue weighted by atomic mass is 16.3. The van der Waals surface area contributed by atoms with E-state index in [0.29, 0.717) is 13.1 Å². The zero-order valence-electron chi connectivity index (χ0n) is 14.0. The molecule has 130 valence electrons. The Morgan fingerprint density at radius 3 is 2.17 bits per heavy atom. The van der Waals surface area contributed by atoms with Crippen LogP contribution in [-0.4, -0.2) is 24.5 Å². The maximum absolute atomic E-state index is 12.1. The molecule has 0 bridgehead atoms. The number of nitrogens with one attached hydrogen (secondary N) is 3. The topological polar surface area (TPSA) is 88.9 Å². The van der Waals surface area contributed by atoms with Crippen molar-refractivity contribution in [1.29, 1.82) is 0 Å². The Labute approximate surface area is 141 Å². The lowest BCUT2D eigenvalue weighted by molar-refractivity contribution is -0.921. The summed E-state index contributed by atoms with van der Waals surface area (Å²) in [5.74, 6) is 1.20. The molecule has 7 nitrogen and oxygen atoms in total. The van der Waals surface area contributed by atoms with Gasteiger partial charge >= 0.3 is 6.03 Å². The van der Waals surface area contributed by atoms with Gasteiger partial charge in [-0.15, -0.1) is 0 Å². The standard InChI is InChI=1S/C17H23N3O4/c1-3-13(2)18-17(22)19-16(21)12-20(10-14-6-4-8-23-14)11-15-7-5-9-24-15/h4-9,13H,3,10-12H2,1-2H3,(H2,18,19,21,22)/p+1/t13-/m0/s1. The highest BCUT2D eigenvalue weighted by Crippen LogP contribution is 2.00. The fourth-order valence-corrected chi connectivity index (χ4v) is 2.27. The van der Waals surface area contributed by atoms with Gasteiger partial charge in [-0.3, -0.25) is 10.1 Å². The second kappa shape index (κ2) is 8.93. The van der Waals surface area contributed by atoms with Gasteiger partial charge in [0.2, 0.25) is 0 Å². The maximum atomic E-state index is 12.1. The number of furan rings is 2. The predicted molar refractivity (Wildman–Crippen MR) is 87.1 cm³/mol. The normalized spacial score (nSPS) is 12.1. The third-order valence-electron chi connectivity index (χ3n) is 3.66. The van der Waals surface area contributed by atoms with Gasteiger partial charge in [-0.05, 0) is 37.6 Å². The first kappa shape index (κ1) is 17.8. The van der Waals surface area contributed by atoms with Crippen molar-refractivity contribution < 1.29 is 23.3 Å². The van der Waals surface area contributed by atoms with E-state index in [1.165, 1.54) is 0 Å². The molecule has 0 saturated heterocycles. The zero-order valence-corrected chi connectivity index (χ0v) is 14.0. The number of rotatable bonds is 8. The van der Waals surface area contributed by atoms with Gasteiger partial charge in [-0.25, -0.2) is 4.79 Å². The molecule has 0 spiro atoms. The Balaban J connectivity index is 1.91.